The molecule has 1 aliphatic rings. The molecule has 1 heterocycles. The van der Waals surface area contributed by atoms with Crippen molar-refractivity contribution in [3.63, 3.8) is 0 Å². The Bertz CT molecular complexity index is 865. The predicted molar refractivity (Wildman–Crippen MR) is 100 cm³/mol. The van der Waals surface area contributed by atoms with Gasteiger partial charge in [0.15, 0.2) is 6.10 Å². The Morgan fingerprint density at radius 1 is 1.23 bits per heavy atom. The summed E-state index contributed by atoms with van der Waals surface area (Å²) in [5, 5.41) is 12.0. The molecule has 136 valence electrons. The Kier molecular flexibility index (Phi) is 5.07. The van der Waals surface area contributed by atoms with Crippen molar-refractivity contribution in [1.29, 1.82) is 0 Å². The molecule has 3 rings (SSSR count). The first kappa shape index (κ1) is 18.5. The van der Waals surface area contributed by atoms with Crippen LogP contribution in [0.1, 0.15) is 19.4 Å². The molecule has 8 heteroatoms. The lowest BCUT2D eigenvalue weighted by atomic mass is 10.0. The molecule has 1 amide bonds. The molecule has 26 heavy (non-hydrogen) atoms. The first-order valence-corrected chi connectivity index (χ1v) is 8.74. The summed E-state index contributed by atoms with van der Waals surface area (Å²) in [7, 11) is 0. The van der Waals surface area contributed by atoms with Crippen LogP contribution in [-0.4, -0.2) is 16.9 Å². The molecule has 1 unspecified atom stereocenters. The number of nitrogens with zero attached hydrogens (tertiary/aromatic N) is 2. The maximum absolute atomic E-state index is 13.0. The van der Waals surface area contributed by atoms with Gasteiger partial charge in [-0.15, -0.1) is 0 Å². The first-order chi connectivity index (χ1) is 12.3. The number of amides is 1. The molecule has 0 aromatic heterocycles. The Morgan fingerprint density at radius 2 is 1.88 bits per heavy atom. The van der Waals surface area contributed by atoms with E-state index in [0.29, 0.717) is 27.0 Å². The van der Waals surface area contributed by atoms with Gasteiger partial charge in [-0.1, -0.05) is 43.1 Å². The fourth-order valence-corrected chi connectivity index (χ4v) is 3.33. The third-order valence-corrected chi connectivity index (χ3v) is 4.90. The van der Waals surface area contributed by atoms with Crippen molar-refractivity contribution in [3.8, 4) is 5.75 Å². The molecular weight excluding hydrogens is 379 g/mol. The second-order valence-electron chi connectivity index (χ2n) is 6.32. The molecule has 0 aliphatic carbocycles. The largest absolute Gasteiger partial charge is 0.478 e. The van der Waals surface area contributed by atoms with Crippen LogP contribution >= 0.6 is 23.2 Å². The minimum Gasteiger partial charge on any atom is -0.478 e. The minimum absolute atomic E-state index is 0.0740. The molecule has 0 spiro atoms. The third kappa shape index (κ3) is 3.34. The number of non-ortho nitro benzene ring substituents is 1. The van der Waals surface area contributed by atoms with Crippen molar-refractivity contribution in [3.05, 3.63) is 62.1 Å². The first-order valence-electron chi connectivity index (χ1n) is 7.99. The molecule has 0 N–H and O–H groups in total. The number of benzene rings is 2. The molecular formula is C18H16Cl2N2O4. The Hall–Kier alpha value is -2.31. The number of nitro benzene ring substituents is 1. The summed E-state index contributed by atoms with van der Waals surface area (Å²) in [5.74, 6) is 0.0520. The maximum Gasteiger partial charge on any atom is 0.271 e. The summed E-state index contributed by atoms with van der Waals surface area (Å²) in [4.78, 5) is 25.0. The maximum atomic E-state index is 13.0. The van der Waals surface area contributed by atoms with Crippen molar-refractivity contribution >= 4 is 40.5 Å². The van der Waals surface area contributed by atoms with Crippen LogP contribution in [0.25, 0.3) is 0 Å². The van der Waals surface area contributed by atoms with Gasteiger partial charge in [0.1, 0.15) is 5.75 Å². The van der Waals surface area contributed by atoms with Crippen LogP contribution in [0.2, 0.25) is 10.0 Å². The molecule has 0 fully saturated rings. The number of hydrogen-bond donors (Lipinski definition) is 0. The van der Waals surface area contributed by atoms with E-state index in [-0.39, 0.29) is 24.1 Å². The van der Waals surface area contributed by atoms with E-state index in [2.05, 4.69) is 0 Å². The van der Waals surface area contributed by atoms with E-state index in [0.717, 1.165) is 0 Å². The van der Waals surface area contributed by atoms with Gasteiger partial charge < -0.3 is 9.64 Å². The summed E-state index contributed by atoms with van der Waals surface area (Å²) >= 11 is 12.5. The number of carbonyl (C=O) groups is 1. The van der Waals surface area contributed by atoms with Crippen LogP contribution in [0.5, 0.6) is 5.75 Å². The highest BCUT2D eigenvalue weighted by Gasteiger charge is 2.37. The Morgan fingerprint density at radius 3 is 2.46 bits per heavy atom. The zero-order valence-corrected chi connectivity index (χ0v) is 15.6. The van der Waals surface area contributed by atoms with E-state index in [1.54, 1.807) is 18.2 Å². The van der Waals surface area contributed by atoms with Crippen LogP contribution in [0.15, 0.2) is 36.4 Å². The lowest BCUT2D eigenvalue weighted by Gasteiger charge is -2.36. The van der Waals surface area contributed by atoms with Gasteiger partial charge in [-0.3, -0.25) is 14.9 Å². The van der Waals surface area contributed by atoms with E-state index < -0.39 is 11.0 Å². The number of anilines is 1. The van der Waals surface area contributed by atoms with E-state index in [1.165, 1.54) is 23.1 Å². The van der Waals surface area contributed by atoms with Crippen molar-refractivity contribution in [2.75, 3.05) is 4.90 Å². The monoisotopic (exact) mass is 394 g/mol. The molecule has 1 aliphatic heterocycles. The van der Waals surface area contributed by atoms with Crippen molar-refractivity contribution < 1.29 is 14.5 Å². The molecule has 0 saturated carbocycles. The lowest BCUT2D eigenvalue weighted by molar-refractivity contribution is -0.384. The van der Waals surface area contributed by atoms with Gasteiger partial charge >= 0.3 is 0 Å². The smallest absolute Gasteiger partial charge is 0.271 e. The molecule has 0 radical (unpaired) electrons. The average Bonchev–Trinajstić information content (AvgIpc) is 2.58. The zero-order valence-electron chi connectivity index (χ0n) is 14.1. The number of nitro groups is 1. The molecule has 1 atom stereocenters. The standard InChI is InChI=1S/C18H16Cl2N2O4/c1-10(2)17-18(23)21(9-12-13(19)4-3-5-14(12)20)15-8-11(22(24)25)6-7-16(15)26-17/h3-8,10,17H,9H2,1-2H3. The quantitative estimate of drug-likeness (QED) is 0.548. The number of rotatable bonds is 4. The van der Waals surface area contributed by atoms with E-state index in [1.807, 2.05) is 13.8 Å². The minimum atomic E-state index is -0.690. The highest BCUT2D eigenvalue weighted by molar-refractivity contribution is 6.36. The topological polar surface area (TPSA) is 72.7 Å². The zero-order chi connectivity index (χ0) is 19.0. The van der Waals surface area contributed by atoms with E-state index in [9.17, 15) is 14.9 Å². The van der Waals surface area contributed by atoms with Gasteiger partial charge in [-0.25, -0.2) is 0 Å². The molecule has 2 aromatic rings. The molecule has 6 nitrogen and oxygen atoms in total. The second kappa shape index (κ2) is 7.13. The molecule has 2 aromatic carbocycles. The highest BCUT2D eigenvalue weighted by Crippen LogP contribution is 2.40. The highest BCUT2D eigenvalue weighted by atomic mass is 35.5. The van der Waals surface area contributed by atoms with Gasteiger partial charge in [0.25, 0.3) is 11.6 Å². The van der Waals surface area contributed by atoms with Crippen LogP contribution < -0.4 is 9.64 Å². The van der Waals surface area contributed by atoms with Gasteiger partial charge in [0, 0.05) is 27.7 Å². The number of ether oxygens (including phenoxy) is 1. The average molecular weight is 395 g/mol. The number of carbonyl (C=O) groups excluding carboxylic acids is 1. The van der Waals surface area contributed by atoms with E-state index in [4.69, 9.17) is 27.9 Å². The molecule has 0 saturated heterocycles. The number of fused-ring (bicyclic) bond motifs is 1. The third-order valence-electron chi connectivity index (χ3n) is 4.19. The summed E-state index contributed by atoms with van der Waals surface area (Å²) in [6, 6.07) is 9.27. The Labute approximate surface area is 160 Å². The normalized spacial score (nSPS) is 16.4. The SMILES string of the molecule is CC(C)C1Oc2ccc([N+](=O)[O-])cc2N(Cc2c(Cl)cccc2Cl)C1=O. The van der Waals surface area contributed by atoms with Crippen LogP contribution in [0.3, 0.4) is 0 Å². The van der Waals surface area contributed by atoms with Crippen molar-refractivity contribution in [2.24, 2.45) is 5.92 Å². The van der Waals surface area contributed by atoms with Crippen LogP contribution in [-0.2, 0) is 11.3 Å². The Balaban J connectivity index is 2.10. The fourth-order valence-electron chi connectivity index (χ4n) is 2.82. The van der Waals surface area contributed by atoms with Gasteiger partial charge in [0.2, 0.25) is 0 Å². The summed E-state index contributed by atoms with van der Waals surface area (Å²) in [5.41, 5.74) is 0.779. The summed E-state index contributed by atoms with van der Waals surface area (Å²) in [6.45, 7) is 3.84. The molecule has 0 bridgehead atoms. The van der Waals surface area contributed by atoms with Crippen molar-refractivity contribution in [2.45, 2.75) is 26.5 Å². The van der Waals surface area contributed by atoms with Crippen LogP contribution in [0, 0.1) is 16.0 Å². The van der Waals surface area contributed by atoms with Crippen molar-refractivity contribution in [1.82, 2.24) is 0 Å². The predicted octanol–water partition coefficient (Wildman–Crippen LogP) is 4.85. The van der Waals surface area contributed by atoms with Gasteiger partial charge in [-0.05, 0) is 24.1 Å². The van der Waals surface area contributed by atoms with Crippen LogP contribution in [0.4, 0.5) is 11.4 Å². The lowest BCUT2D eigenvalue weighted by Crippen LogP contribution is -2.48. The van der Waals surface area contributed by atoms with E-state index >= 15 is 0 Å². The fraction of sp³-hybridized carbons (Fsp3) is 0.278. The number of halogens is 2. The van der Waals surface area contributed by atoms with Gasteiger partial charge in [-0.2, -0.15) is 0 Å². The summed E-state index contributed by atoms with van der Waals surface area (Å²) < 4.78 is 5.79. The summed E-state index contributed by atoms with van der Waals surface area (Å²) in [6.07, 6.45) is -0.690. The number of hydrogen-bond acceptors (Lipinski definition) is 4. The van der Waals surface area contributed by atoms with Gasteiger partial charge in [0.05, 0.1) is 17.2 Å². The second-order valence-corrected chi connectivity index (χ2v) is 7.13.